The van der Waals surface area contributed by atoms with Gasteiger partial charge in [0.1, 0.15) is 11.3 Å². The van der Waals surface area contributed by atoms with Crippen LogP contribution in [0.4, 0.5) is 10.1 Å². The molecule has 2 aromatic rings. The SMILES string of the molecule is C[C@H]1C[C@@H](N)CN(c2ccc(F)c3ncccc23)C1.Cl. The second-order valence-electron chi connectivity index (χ2n) is 5.47. The number of rotatable bonds is 1. The van der Waals surface area contributed by atoms with Gasteiger partial charge in [-0.25, -0.2) is 4.39 Å². The van der Waals surface area contributed by atoms with Crippen molar-refractivity contribution in [3.05, 3.63) is 36.3 Å². The Labute approximate surface area is 124 Å². The molecule has 2 N–H and O–H groups in total. The minimum absolute atomic E-state index is 0. The molecule has 20 heavy (non-hydrogen) atoms. The van der Waals surface area contributed by atoms with E-state index in [1.165, 1.54) is 6.07 Å². The van der Waals surface area contributed by atoms with E-state index in [9.17, 15) is 4.39 Å². The van der Waals surface area contributed by atoms with E-state index >= 15 is 0 Å². The van der Waals surface area contributed by atoms with Gasteiger partial charge in [0.2, 0.25) is 0 Å². The molecule has 3 rings (SSSR count). The summed E-state index contributed by atoms with van der Waals surface area (Å²) in [6.45, 7) is 3.99. The van der Waals surface area contributed by atoms with Crippen molar-refractivity contribution in [2.24, 2.45) is 11.7 Å². The Balaban J connectivity index is 0.00000147. The van der Waals surface area contributed by atoms with Crippen LogP contribution in [0.15, 0.2) is 30.5 Å². The Morgan fingerprint density at radius 3 is 2.85 bits per heavy atom. The highest BCUT2D eigenvalue weighted by Gasteiger charge is 2.23. The Morgan fingerprint density at radius 2 is 2.10 bits per heavy atom. The lowest BCUT2D eigenvalue weighted by molar-refractivity contribution is 0.402. The molecule has 0 saturated carbocycles. The van der Waals surface area contributed by atoms with E-state index in [0.29, 0.717) is 11.4 Å². The molecule has 1 aliphatic rings. The summed E-state index contributed by atoms with van der Waals surface area (Å²) in [4.78, 5) is 6.39. The van der Waals surface area contributed by atoms with Gasteiger partial charge in [0.25, 0.3) is 0 Å². The third-order valence-corrected chi connectivity index (χ3v) is 3.73. The van der Waals surface area contributed by atoms with E-state index in [2.05, 4.69) is 16.8 Å². The van der Waals surface area contributed by atoms with Gasteiger partial charge in [0, 0.05) is 36.4 Å². The topological polar surface area (TPSA) is 42.1 Å². The van der Waals surface area contributed by atoms with Crippen LogP contribution >= 0.6 is 12.4 Å². The fourth-order valence-corrected chi connectivity index (χ4v) is 3.00. The summed E-state index contributed by atoms with van der Waals surface area (Å²) in [5, 5.41) is 0.865. The standard InChI is InChI=1S/C15H18FN3.ClH/c1-10-7-11(17)9-19(8-10)14-5-4-13(16)15-12(14)3-2-6-18-15;/h2-6,10-11H,7-9,17H2,1H3;1H/t10-,11+;/m0./s1. The molecule has 1 aromatic heterocycles. The zero-order valence-corrected chi connectivity index (χ0v) is 12.2. The average molecular weight is 296 g/mol. The maximum atomic E-state index is 13.8. The summed E-state index contributed by atoms with van der Waals surface area (Å²) < 4.78 is 13.8. The summed E-state index contributed by atoms with van der Waals surface area (Å²) in [7, 11) is 0. The van der Waals surface area contributed by atoms with Gasteiger partial charge in [-0.3, -0.25) is 4.98 Å². The van der Waals surface area contributed by atoms with E-state index < -0.39 is 0 Å². The second kappa shape index (κ2) is 5.94. The summed E-state index contributed by atoms with van der Waals surface area (Å²) in [6.07, 6.45) is 2.67. The van der Waals surface area contributed by atoms with E-state index in [-0.39, 0.29) is 24.3 Å². The van der Waals surface area contributed by atoms with Gasteiger partial charge in [-0.05, 0) is 36.6 Å². The number of anilines is 1. The van der Waals surface area contributed by atoms with E-state index in [1.54, 1.807) is 6.20 Å². The van der Waals surface area contributed by atoms with Crippen LogP contribution in [0.3, 0.4) is 0 Å². The number of halogens is 2. The van der Waals surface area contributed by atoms with Gasteiger partial charge >= 0.3 is 0 Å². The van der Waals surface area contributed by atoms with Gasteiger partial charge < -0.3 is 10.6 Å². The van der Waals surface area contributed by atoms with Crippen LogP contribution in [0, 0.1) is 11.7 Å². The number of fused-ring (bicyclic) bond motifs is 1. The summed E-state index contributed by atoms with van der Waals surface area (Å²) >= 11 is 0. The molecule has 108 valence electrons. The summed E-state index contributed by atoms with van der Waals surface area (Å²) in [6, 6.07) is 7.28. The Kier molecular flexibility index (Phi) is 4.45. The third-order valence-electron chi connectivity index (χ3n) is 3.73. The third kappa shape index (κ3) is 2.72. The lowest BCUT2D eigenvalue weighted by Gasteiger charge is -2.37. The van der Waals surface area contributed by atoms with Gasteiger partial charge in [-0.1, -0.05) is 6.92 Å². The first-order chi connectivity index (χ1) is 9.15. The maximum Gasteiger partial charge on any atom is 0.149 e. The first kappa shape index (κ1) is 15.0. The van der Waals surface area contributed by atoms with Crippen LogP contribution in [-0.2, 0) is 0 Å². The molecule has 5 heteroatoms. The Bertz CT molecular complexity index is 595. The highest BCUT2D eigenvalue weighted by Crippen LogP contribution is 2.30. The van der Waals surface area contributed by atoms with Crippen molar-refractivity contribution in [2.45, 2.75) is 19.4 Å². The molecule has 0 spiro atoms. The number of aromatic nitrogens is 1. The minimum atomic E-state index is -0.270. The molecule has 1 fully saturated rings. The molecule has 0 bridgehead atoms. The van der Waals surface area contributed by atoms with Gasteiger partial charge in [0.15, 0.2) is 0 Å². The average Bonchev–Trinajstić information content (AvgIpc) is 2.38. The molecule has 0 radical (unpaired) electrons. The van der Waals surface area contributed by atoms with Crippen molar-refractivity contribution >= 4 is 29.0 Å². The fraction of sp³-hybridized carbons (Fsp3) is 0.400. The van der Waals surface area contributed by atoms with Crippen LogP contribution in [0.5, 0.6) is 0 Å². The summed E-state index contributed by atoms with van der Waals surface area (Å²) in [5.41, 5.74) is 7.57. The van der Waals surface area contributed by atoms with Crippen molar-refractivity contribution < 1.29 is 4.39 Å². The molecular weight excluding hydrogens is 277 g/mol. The van der Waals surface area contributed by atoms with Crippen molar-refractivity contribution in [3.8, 4) is 0 Å². The molecule has 3 nitrogen and oxygen atoms in total. The fourth-order valence-electron chi connectivity index (χ4n) is 3.00. The minimum Gasteiger partial charge on any atom is -0.369 e. The van der Waals surface area contributed by atoms with Crippen LogP contribution < -0.4 is 10.6 Å². The number of nitrogens with two attached hydrogens (primary N) is 1. The number of piperidine rings is 1. The molecule has 1 saturated heterocycles. The maximum absolute atomic E-state index is 13.8. The van der Waals surface area contributed by atoms with Crippen LogP contribution in [-0.4, -0.2) is 24.1 Å². The molecule has 0 aliphatic carbocycles. The highest BCUT2D eigenvalue weighted by atomic mass is 35.5. The number of hydrogen-bond donors (Lipinski definition) is 1. The number of nitrogens with zero attached hydrogens (tertiary/aromatic N) is 2. The first-order valence-electron chi connectivity index (χ1n) is 6.69. The Morgan fingerprint density at radius 1 is 1.30 bits per heavy atom. The van der Waals surface area contributed by atoms with E-state index in [1.807, 2.05) is 18.2 Å². The first-order valence-corrected chi connectivity index (χ1v) is 6.69. The molecular formula is C15H19ClFN3. The lowest BCUT2D eigenvalue weighted by atomic mass is 9.95. The molecule has 2 heterocycles. The van der Waals surface area contributed by atoms with E-state index in [0.717, 1.165) is 30.6 Å². The van der Waals surface area contributed by atoms with Crippen LogP contribution in [0.2, 0.25) is 0 Å². The van der Waals surface area contributed by atoms with Crippen molar-refractivity contribution in [1.82, 2.24) is 4.98 Å². The smallest absolute Gasteiger partial charge is 0.149 e. The molecule has 0 amide bonds. The largest absolute Gasteiger partial charge is 0.369 e. The van der Waals surface area contributed by atoms with Gasteiger partial charge in [-0.2, -0.15) is 0 Å². The zero-order valence-electron chi connectivity index (χ0n) is 11.4. The van der Waals surface area contributed by atoms with Crippen molar-refractivity contribution in [3.63, 3.8) is 0 Å². The highest BCUT2D eigenvalue weighted by molar-refractivity contribution is 5.92. The lowest BCUT2D eigenvalue weighted by Crippen LogP contribution is -2.46. The van der Waals surface area contributed by atoms with Gasteiger partial charge in [0.05, 0.1) is 0 Å². The molecule has 1 aliphatic heterocycles. The van der Waals surface area contributed by atoms with E-state index in [4.69, 9.17) is 5.73 Å². The molecule has 1 aromatic carbocycles. The number of benzene rings is 1. The number of hydrogen-bond acceptors (Lipinski definition) is 3. The molecule has 0 unspecified atom stereocenters. The molecule has 2 atom stereocenters. The second-order valence-corrected chi connectivity index (χ2v) is 5.47. The quantitative estimate of drug-likeness (QED) is 0.879. The van der Waals surface area contributed by atoms with Crippen LogP contribution in [0.1, 0.15) is 13.3 Å². The predicted octanol–water partition coefficient (Wildman–Crippen LogP) is 2.97. The Hall–Kier alpha value is -1.39. The van der Waals surface area contributed by atoms with Crippen molar-refractivity contribution in [1.29, 1.82) is 0 Å². The monoisotopic (exact) mass is 295 g/mol. The normalized spacial score (nSPS) is 22.6. The number of pyridine rings is 1. The zero-order chi connectivity index (χ0) is 13.4. The summed E-state index contributed by atoms with van der Waals surface area (Å²) in [5.74, 6) is 0.286. The van der Waals surface area contributed by atoms with Gasteiger partial charge in [-0.15, -0.1) is 12.4 Å². The van der Waals surface area contributed by atoms with Crippen LogP contribution in [0.25, 0.3) is 10.9 Å². The predicted molar refractivity (Wildman–Crippen MR) is 82.9 cm³/mol. The van der Waals surface area contributed by atoms with Crippen molar-refractivity contribution in [2.75, 3.05) is 18.0 Å².